The maximum atomic E-state index is 12.9. The number of hydrogen-bond donors (Lipinski definition) is 1. The molecule has 164 valence electrons. The molecule has 1 unspecified atom stereocenters. The summed E-state index contributed by atoms with van der Waals surface area (Å²) in [5.41, 5.74) is 2.15. The van der Waals surface area contributed by atoms with Gasteiger partial charge in [0.15, 0.2) is 0 Å². The molecule has 1 N–H and O–H groups in total. The van der Waals surface area contributed by atoms with Crippen molar-refractivity contribution >= 4 is 17.2 Å². The average molecular weight is 438 g/mol. The van der Waals surface area contributed by atoms with Gasteiger partial charge in [0.2, 0.25) is 5.91 Å². The van der Waals surface area contributed by atoms with Gasteiger partial charge in [0.05, 0.1) is 18.3 Å². The first-order chi connectivity index (χ1) is 14.8. The molecule has 6 heteroatoms. The Balaban J connectivity index is 1.62. The van der Waals surface area contributed by atoms with Crippen LogP contribution in [0.4, 0.5) is 0 Å². The van der Waals surface area contributed by atoms with Crippen LogP contribution in [0.3, 0.4) is 0 Å². The SMILES string of the molecule is C#CCN(C)C(=O)[C@@H](C)C1CC[C@@]2(C)Cc3sc(-c4cccnc4)nc3[C@@H](C)[C@@H]2[C@H]1O. The lowest BCUT2D eigenvalue weighted by Gasteiger charge is -2.53. The Morgan fingerprint density at radius 3 is 2.97 bits per heavy atom. The highest BCUT2D eigenvalue weighted by atomic mass is 32.1. The van der Waals surface area contributed by atoms with E-state index in [2.05, 4.69) is 24.8 Å². The van der Waals surface area contributed by atoms with E-state index in [9.17, 15) is 9.90 Å². The van der Waals surface area contributed by atoms with Gasteiger partial charge >= 0.3 is 0 Å². The minimum absolute atomic E-state index is 0.00849. The Labute approximate surface area is 188 Å². The maximum absolute atomic E-state index is 12.9. The van der Waals surface area contributed by atoms with Crippen LogP contribution in [0.2, 0.25) is 0 Å². The molecule has 2 aromatic heterocycles. The monoisotopic (exact) mass is 437 g/mol. The van der Waals surface area contributed by atoms with E-state index >= 15 is 0 Å². The molecule has 4 rings (SSSR count). The number of thiazole rings is 1. The summed E-state index contributed by atoms with van der Waals surface area (Å²) in [4.78, 5) is 25.0. The number of rotatable bonds is 4. The van der Waals surface area contributed by atoms with Crippen LogP contribution in [0.1, 0.15) is 50.1 Å². The van der Waals surface area contributed by atoms with E-state index in [1.807, 2.05) is 25.3 Å². The molecule has 31 heavy (non-hydrogen) atoms. The van der Waals surface area contributed by atoms with Gasteiger partial charge in [-0.15, -0.1) is 17.8 Å². The van der Waals surface area contributed by atoms with Crippen LogP contribution >= 0.6 is 11.3 Å². The van der Waals surface area contributed by atoms with Crippen molar-refractivity contribution in [3.05, 3.63) is 35.1 Å². The third kappa shape index (κ3) is 3.79. The van der Waals surface area contributed by atoms with Crippen LogP contribution in [0.5, 0.6) is 0 Å². The fourth-order valence-corrected chi connectivity index (χ4v) is 7.26. The number of terminal acetylenes is 1. The highest BCUT2D eigenvalue weighted by Crippen LogP contribution is 2.57. The normalized spacial score (nSPS) is 30.6. The first kappa shape index (κ1) is 22.0. The van der Waals surface area contributed by atoms with Crippen LogP contribution in [-0.2, 0) is 11.2 Å². The lowest BCUT2D eigenvalue weighted by molar-refractivity contribution is -0.142. The van der Waals surface area contributed by atoms with E-state index in [4.69, 9.17) is 11.4 Å². The molecule has 0 bridgehead atoms. The zero-order valence-corrected chi connectivity index (χ0v) is 19.5. The molecule has 1 saturated carbocycles. The van der Waals surface area contributed by atoms with Gasteiger partial charge in [-0.1, -0.05) is 26.7 Å². The average Bonchev–Trinajstić information content (AvgIpc) is 3.17. The summed E-state index contributed by atoms with van der Waals surface area (Å²) < 4.78 is 0. The van der Waals surface area contributed by atoms with Gasteiger partial charge in [-0.05, 0) is 48.6 Å². The Hall–Kier alpha value is -2.23. The first-order valence-corrected chi connectivity index (χ1v) is 11.8. The summed E-state index contributed by atoms with van der Waals surface area (Å²) in [5.74, 6) is 2.45. The third-order valence-electron chi connectivity index (χ3n) is 7.57. The van der Waals surface area contributed by atoms with E-state index in [0.717, 1.165) is 35.5 Å². The molecule has 2 heterocycles. The van der Waals surface area contributed by atoms with Crippen LogP contribution in [0.15, 0.2) is 24.5 Å². The predicted octanol–water partition coefficient (Wildman–Crippen LogP) is 3.99. The van der Waals surface area contributed by atoms with E-state index < -0.39 is 6.10 Å². The number of fused-ring (bicyclic) bond motifs is 2. The minimum atomic E-state index is -0.538. The van der Waals surface area contributed by atoms with E-state index in [0.29, 0.717) is 6.54 Å². The number of aliphatic hydroxyl groups excluding tert-OH is 1. The second kappa shape index (κ2) is 8.37. The van der Waals surface area contributed by atoms with Gasteiger partial charge in [0.25, 0.3) is 0 Å². The number of hydrogen-bond acceptors (Lipinski definition) is 5. The van der Waals surface area contributed by atoms with Crippen molar-refractivity contribution < 1.29 is 9.90 Å². The molecule has 5 nitrogen and oxygen atoms in total. The van der Waals surface area contributed by atoms with E-state index in [-0.39, 0.29) is 35.0 Å². The second-order valence-corrected chi connectivity index (χ2v) is 10.7. The van der Waals surface area contributed by atoms with Crippen LogP contribution in [0.25, 0.3) is 10.6 Å². The van der Waals surface area contributed by atoms with Gasteiger partial charge in [-0.25, -0.2) is 4.98 Å². The van der Waals surface area contributed by atoms with Gasteiger partial charge in [-0.2, -0.15) is 0 Å². The van der Waals surface area contributed by atoms with Crippen LogP contribution < -0.4 is 0 Å². The standard InChI is InChI=1S/C25H31N3O2S/c1-6-12-28(5)24(30)15(2)18-9-10-25(4)13-19-21(16(3)20(25)22(18)29)27-23(31-19)17-8-7-11-26-14-17/h1,7-8,11,14-16,18,20,22,29H,9-10,12-13H2,2-5H3/t15-,16-,18?,20+,22-,25-/m0/s1. The molecule has 1 amide bonds. The molecule has 1 fully saturated rings. The minimum Gasteiger partial charge on any atom is -0.392 e. The van der Waals surface area contributed by atoms with Crippen molar-refractivity contribution in [3.8, 4) is 22.9 Å². The number of aromatic nitrogens is 2. The summed E-state index contributed by atoms with van der Waals surface area (Å²) in [6.45, 7) is 6.73. The molecule has 0 saturated heterocycles. The van der Waals surface area contributed by atoms with Gasteiger partial charge < -0.3 is 10.0 Å². The summed E-state index contributed by atoms with van der Waals surface area (Å²) in [6.07, 6.45) is 11.2. The number of carbonyl (C=O) groups excluding carboxylic acids is 1. The first-order valence-electron chi connectivity index (χ1n) is 11.0. The quantitative estimate of drug-likeness (QED) is 0.735. The summed E-state index contributed by atoms with van der Waals surface area (Å²) in [6, 6.07) is 3.98. The van der Waals surface area contributed by atoms with Crippen molar-refractivity contribution in [2.45, 2.75) is 52.1 Å². The largest absolute Gasteiger partial charge is 0.392 e. The Morgan fingerprint density at radius 2 is 2.29 bits per heavy atom. The molecular formula is C25H31N3O2S. The van der Waals surface area contributed by atoms with Gasteiger partial charge in [0, 0.05) is 41.7 Å². The molecular weight excluding hydrogens is 406 g/mol. The van der Waals surface area contributed by atoms with Crippen molar-refractivity contribution in [1.82, 2.24) is 14.9 Å². The summed E-state index contributed by atoms with van der Waals surface area (Å²) in [7, 11) is 1.74. The molecule has 2 aliphatic rings. The summed E-state index contributed by atoms with van der Waals surface area (Å²) in [5, 5.41) is 12.5. The van der Waals surface area contributed by atoms with Crippen molar-refractivity contribution in [2.24, 2.45) is 23.2 Å². The Kier molecular flexibility index (Phi) is 5.93. The Bertz CT molecular complexity index is 998. The maximum Gasteiger partial charge on any atom is 0.226 e. The molecule has 2 aromatic rings. The number of pyridine rings is 1. The zero-order valence-electron chi connectivity index (χ0n) is 18.7. The third-order valence-corrected chi connectivity index (χ3v) is 8.69. The van der Waals surface area contributed by atoms with Gasteiger partial charge in [0.1, 0.15) is 5.01 Å². The molecule has 6 atom stereocenters. The lowest BCUT2D eigenvalue weighted by Crippen LogP contribution is -2.53. The van der Waals surface area contributed by atoms with Crippen molar-refractivity contribution in [2.75, 3.05) is 13.6 Å². The highest BCUT2D eigenvalue weighted by molar-refractivity contribution is 7.15. The fourth-order valence-electron chi connectivity index (χ4n) is 5.90. The molecule has 0 aromatic carbocycles. The number of amides is 1. The van der Waals surface area contributed by atoms with Crippen LogP contribution in [-0.4, -0.2) is 45.6 Å². The highest BCUT2D eigenvalue weighted by Gasteiger charge is 2.54. The molecule has 2 aliphatic carbocycles. The Morgan fingerprint density at radius 1 is 1.52 bits per heavy atom. The molecule has 0 radical (unpaired) electrons. The van der Waals surface area contributed by atoms with E-state index in [1.165, 1.54) is 4.88 Å². The summed E-state index contributed by atoms with van der Waals surface area (Å²) >= 11 is 1.76. The van der Waals surface area contributed by atoms with Gasteiger partial charge in [-0.3, -0.25) is 9.78 Å². The zero-order chi connectivity index (χ0) is 22.3. The number of carbonyl (C=O) groups is 1. The number of nitrogens with zero attached hydrogens (tertiary/aromatic N) is 3. The lowest BCUT2D eigenvalue weighted by atomic mass is 9.53. The van der Waals surface area contributed by atoms with Crippen molar-refractivity contribution in [1.29, 1.82) is 0 Å². The van der Waals surface area contributed by atoms with Crippen molar-refractivity contribution in [3.63, 3.8) is 0 Å². The van der Waals surface area contributed by atoms with E-state index in [1.54, 1.807) is 29.5 Å². The molecule has 0 spiro atoms. The smallest absolute Gasteiger partial charge is 0.226 e. The molecule has 0 aliphatic heterocycles. The number of aliphatic hydroxyl groups is 1. The topological polar surface area (TPSA) is 66.3 Å². The second-order valence-electron chi connectivity index (χ2n) is 9.59. The van der Waals surface area contributed by atoms with Crippen LogP contribution in [0, 0.1) is 35.5 Å². The fraction of sp³-hybridized carbons (Fsp3) is 0.560. The predicted molar refractivity (Wildman–Crippen MR) is 123 cm³/mol.